The maximum absolute atomic E-state index is 13.3. The molecule has 0 fully saturated rings. The van der Waals surface area contributed by atoms with Gasteiger partial charge >= 0.3 is 0 Å². The third kappa shape index (κ3) is 3.41. The highest BCUT2D eigenvalue weighted by atomic mass is 35.5. The molecule has 0 unspecified atom stereocenters. The van der Waals surface area contributed by atoms with Crippen molar-refractivity contribution in [3.63, 3.8) is 0 Å². The predicted octanol–water partition coefficient (Wildman–Crippen LogP) is 4.11. The number of methoxy groups -OCH3 is 1. The lowest BCUT2D eigenvalue weighted by atomic mass is 10.1. The Labute approximate surface area is 137 Å². The quantitative estimate of drug-likeness (QED) is 0.659. The molecule has 23 heavy (non-hydrogen) atoms. The number of fused-ring (bicyclic) bond motifs is 1. The van der Waals surface area contributed by atoms with Crippen LogP contribution in [-0.4, -0.2) is 30.3 Å². The van der Waals surface area contributed by atoms with Crippen LogP contribution in [0.3, 0.4) is 0 Å². The van der Waals surface area contributed by atoms with Crippen LogP contribution in [0.1, 0.15) is 0 Å². The maximum Gasteiger partial charge on any atom is 0.141 e. The van der Waals surface area contributed by atoms with E-state index in [0.29, 0.717) is 24.7 Å². The van der Waals surface area contributed by atoms with E-state index in [1.54, 1.807) is 19.2 Å². The molecule has 0 saturated heterocycles. The van der Waals surface area contributed by atoms with E-state index < -0.39 is 5.82 Å². The zero-order chi connectivity index (χ0) is 16.2. The number of aromatic nitrogens is 2. The van der Waals surface area contributed by atoms with E-state index in [-0.39, 0.29) is 5.02 Å². The van der Waals surface area contributed by atoms with Crippen molar-refractivity contribution in [2.24, 2.45) is 0 Å². The van der Waals surface area contributed by atoms with Crippen molar-refractivity contribution >= 4 is 22.5 Å². The topological polar surface area (TPSA) is 44.2 Å². The SMILES string of the molecule is COCCOc1ccc2c(-c3ccc(F)c(Cl)c3)ncnc2c1. The highest BCUT2D eigenvalue weighted by Crippen LogP contribution is 2.30. The first-order chi connectivity index (χ1) is 11.2. The fraction of sp³-hybridized carbons (Fsp3) is 0.176. The minimum Gasteiger partial charge on any atom is -0.491 e. The molecular weight excluding hydrogens is 319 g/mol. The van der Waals surface area contributed by atoms with Gasteiger partial charge < -0.3 is 9.47 Å². The van der Waals surface area contributed by atoms with Crippen molar-refractivity contribution in [1.82, 2.24) is 9.97 Å². The highest BCUT2D eigenvalue weighted by molar-refractivity contribution is 6.31. The number of halogens is 2. The second kappa shape index (κ2) is 6.89. The third-order valence-corrected chi connectivity index (χ3v) is 3.65. The molecule has 0 N–H and O–H groups in total. The van der Waals surface area contributed by atoms with Crippen LogP contribution >= 0.6 is 11.6 Å². The minimum absolute atomic E-state index is 0.0637. The summed E-state index contributed by atoms with van der Waals surface area (Å²) in [5, 5.41) is 0.906. The lowest BCUT2D eigenvalue weighted by Crippen LogP contribution is -2.04. The second-order valence-electron chi connectivity index (χ2n) is 4.87. The minimum atomic E-state index is -0.456. The zero-order valence-corrected chi connectivity index (χ0v) is 13.2. The van der Waals surface area contributed by atoms with Gasteiger partial charge in [0.2, 0.25) is 0 Å². The van der Waals surface area contributed by atoms with Crippen LogP contribution in [0.2, 0.25) is 5.02 Å². The van der Waals surface area contributed by atoms with Gasteiger partial charge in [0.15, 0.2) is 0 Å². The van der Waals surface area contributed by atoms with Gasteiger partial charge in [-0.3, -0.25) is 0 Å². The van der Waals surface area contributed by atoms with E-state index in [9.17, 15) is 4.39 Å². The summed E-state index contributed by atoms with van der Waals surface area (Å²) in [6.45, 7) is 0.981. The fourth-order valence-corrected chi connectivity index (χ4v) is 2.42. The molecule has 1 aromatic heterocycles. The Morgan fingerprint density at radius 2 is 1.96 bits per heavy atom. The summed E-state index contributed by atoms with van der Waals surface area (Å²) in [4.78, 5) is 8.57. The third-order valence-electron chi connectivity index (χ3n) is 3.36. The number of rotatable bonds is 5. The van der Waals surface area contributed by atoms with Crippen LogP contribution in [0.25, 0.3) is 22.2 Å². The summed E-state index contributed by atoms with van der Waals surface area (Å²) in [6, 6.07) is 10.1. The summed E-state index contributed by atoms with van der Waals surface area (Å²) in [5.41, 5.74) is 2.17. The number of hydrogen-bond donors (Lipinski definition) is 0. The molecule has 1 heterocycles. The van der Waals surface area contributed by atoms with Crippen molar-refractivity contribution in [3.05, 3.63) is 53.6 Å². The van der Waals surface area contributed by atoms with Crippen LogP contribution in [-0.2, 0) is 4.74 Å². The van der Waals surface area contributed by atoms with Crippen molar-refractivity contribution in [3.8, 4) is 17.0 Å². The standard InChI is InChI=1S/C17H14ClFN2O2/c1-22-6-7-23-12-3-4-13-16(9-12)20-10-21-17(13)11-2-5-15(19)14(18)8-11/h2-5,8-10H,6-7H2,1H3. The zero-order valence-electron chi connectivity index (χ0n) is 12.4. The average Bonchev–Trinajstić information content (AvgIpc) is 2.57. The summed E-state index contributed by atoms with van der Waals surface area (Å²) in [6.07, 6.45) is 1.47. The van der Waals surface area contributed by atoms with Crippen LogP contribution in [0.4, 0.5) is 4.39 Å². The monoisotopic (exact) mass is 332 g/mol. The largest absolute Gasteiger partial charge is 0.491 e. The number of hydrogen-bond acceptors (Lipinski definition) is 4. The molecule has 4 nitrogen and oxygen atoms in total. The Bertz CT molecular complexity index is 842. The van der Waals surface area contributed by atoms with Gasteiger partial charge in [-0.1, -0.05) is 11.6 Å². The molecule has 3 rings (SSSR count). The van der Waals surface area contributed by atoms with Gasteiger partial charge in [-0.05, 0) is 30.3 Å². The van der Waals surface area contributed by atoms with E-state index in [1.807, 2.05) is 18.2 Å². The van der Waals surface area contributed by atoms with Gasteiger partial charge in [0.05, 0.1) is 22.8 Å². The number of benzene rings is 2. The number of nitrogens with zero attached hydrogens (tertiary/aromatic N) is 2. The Hall–Kier alpha value is -2.24. The molecule has 0 saturated carbocycles. The molecule has 0 amide bonds. The molecule has 0 aliphatic carbocycles. The maximum atomic E-state index is 13.3. The lowest BCUT2D eigenvalue weighted by molar-refractivity contribution is 0.146. The summed E-state index contributed by atoms with van der Waals surface area (Å²) in [7, 11) is 1.62. The molecule has 0 atom stereocenters. The van der Waals surface area contributed by atoms with Crippen LogP contribution in [0, 0.1) is 5.82 Å². The van der Waals surface area contributed by atoms with E-state index in [1.165, 1.54) is 12.4 Å². The second-order valence-corrected chi connectivity index (χ2v) is 5.28. The average molecular weight is 333 g/mol. The first-order valence-electron chi connectivity index (χ1n) is 7.01. The highest BCUT2D eigenvalue weighted by Gasteiger charge is 2.09. The van der Waals surface area contributed by atoms with Gasteiger partial charge in [0.1, 0.15) is 24.5 Å². The van der Waals surface area contributed by atoms with Crippen molar-refractivity contribution in [2.75, 3.05) is 20.3 Å². The molecule has 3 aromatic rings. The van der Waals surface area contributed by atoms with Gasteiger partial charge in [-0.2, -0.15) is 0 Å². The van der Waals surface area contributed by atoms with Crippen molar-refractivity contribution in [2.45, 2.75) is 0 Å². The summed E-state index contributed by atoms with van der Waals surface area (Å²) >= 11 is 5.86. The van der Waals surface area contributed by atoms with Gasteiger partial charge in [-0.15, -0.1) is 0 Å². The first-order valence-corrected chi connectivity index (χ1v) is 7.39. The Balaban J connectivity index is 2.00. The molecule has 2 aromatic carbocycles. The molecular formula is C17H14ClFN2O2. The van der Waals surface area contributed by atoms with E-state index >= 15 is 0 Å². The van der Waals surface area contributed by atoms with Crippen molar-refractivity contribution < 1.29 is 13.9 Å². The normalized spacial score (nSPS) is 10.9. The molecule has 0 radical (unpaired) electrons. The van der Waals surface area contributed by atoms with Crippen LogP contribution in [0.15, 0.2) is 42.7 Å². The molecule has 0 aliphatic heterocycles. The van der Waals surface area contributed by atoms with Crippen LogP contribution < -0.4 is 4.74 Å². The predicted molar refractivity (Wildman–Crippen MR) is 87.3 cm³/mol. The van der Waals surface area contributed by atoms with E-state index in [0.717, 1.165) is 16.5 Å². The van der Waals surface area contributed by atoms with E-state index in [2.05, 4.69) is 9.97 Å². The lowest BCUT2D eigenvalue weighted by Gasteiger charge is -2.09. The molecule has 118 valence electrons. The van der Waals surface area contributed by atoms with Gasteiger partial charge in [0, 0.05) is 24.1 Å². The van der Waals surface area contributed by atoms with Gasteiger partial charge in [-0.25, -0.2) is 14.4 Å². The molecule has 0 aliphatic rings. The fourth-order valence-electron chi connectivity index (χ4n) is 2.24. The Kier molecular flexibility index (Phi) is 4.69. The Morgan fingerprint density at radius 1 is 1.09 bits per heavy atom. The van der Waals surface area contributed by atoms with Crippen LogP contribution in [0.5, 0.6) is 5.75 Å². The van der Waals surface area contributed by atoms with Crippen molar-refractivity contribution in [1.29, 1.82) is 0 Å². The van der Waals surface area contributed by atoms with E-state index in [4.69, 9.17) is 21.1 Å². The smallest absolute Gasteiger partial charge is 0.141 e. The van der Waals surface area contributed by atoms with Gasteiger partial charge in [0.25, 0.3) is 0 Å². The molecule has 0 spiro atoms. The number of ether oxygens (including phenoxy) is 2. The summed E-state index contributed by atoms with van der Waals surface area (Å²) in [5.74, 6) is 0.249. The first kappa shape index (κ1) is 15.6. The molecule has 6 heteroatoms. The summed E-state index contributed by atoms with van der Waals surface area (Å²) < 4.78 is 23.9. The Morgan fingerprint density at radius 3 is 2.74 bits per heavy atom. The molecule has 0 bridgehead atoms.